The van der Waals surface area contributed by atoms with Gasteiger partial charge in [0.15, 0.2) is 0 Å². The van der Waals surface area contributed by atoms with Crippen molar-refractivity contribution in [3.63, 3.8) is 0 Å². The second-order valence-corrected chi connectivity index (χ2v) is 8.75. The van der Waals surface area contributed by atoms with Crippen molar-refractivity contribution in [2.45, 2.75) is 67.5 Å². The zero-order chi connectivity index (χ0) is 17.0. The predicted molar refractivity (Wildman–Crippen MR) is 96.6 cm³/mol. The van der Waals surface area contributed by atoms with Crippen molar-refractivity contribution in [3.8, 4) is 0 Å². The lowest BCUT2D eigenvalue weighted by molar-refractivity contribution is 0.221. The van der Waals surface area contributed by atoms with Gasteiger partial charge in [-0.15, -0.1) is 0 Å². The van der Waals surface area contributed by atoms with Crippen molar-refractivity contribution >= 4 is 11.8 Å². The number of hydrogen-bond donors (Lipinski definition) is 3. The van der Waals surface area contributed by atoms with Gasteiger partial charge in [-0.05, 0) is 19.9 Å². The molecule has 0 saturated heterocycles. The molecular formula is C16H36N4S. The summed E-state index contributed by atoms with van der Waals surface area (Å²) in [4.78, 5) is 0. The van der Waals surface area contributed by atoms with Crippen LogP contribution in [0.3, 0.4) is 0 Å². The average Bonchev–Trinajstić information content (AvgIpc) is 2.33. The Labute approximate surface area is 135 Å². The highest BCUT2D eigenvalue weighted by molar-refractivity contribution is 7.99. The molecule has 0 aromatic rings. The number of nitrogens with zero attached hydrogens (tertiary/aromatic N) is 1. The fourth-order valence-corrected chi connectivity index (χ4v) is 3.55. The van der Waals surface area contributed by atoms with E-state index in [1.165, 1.54) is 0 Å². The Bertz CT molecular complexity index is 357. The smallest absolute Gasteiger partial charge is 0.0551 e. The third kappa shape index (κ3) is 6.09. The summed E-state index contributed by atoms with van der Waals surface area (Å²) in [5.74, 6) is 8.35. The SMILES string of the molecule is CC(C)N.CC(C)N(N)C1=C(N)C(C)(C)CSCC1(C)C. The molecule has 21 heavy (non-hydrogen) atoms. The van der Waals surface area contributed by atoms with Gasteiger partial charge in [-0.3, -0.25) is 0 Å². The molecular weight excluding hydrogens is 280 g/mol. The highest BCUT2D eigenvalue weighted by Crippen LogP contribution is 2.43. The van der Waals surface area contributed by atoms with Crippen LogP contribution in [0.2, 0.25) is 0 Å². The Morgan fingerprint density at radius 1 is 1.00 bits per heavy atom. The van der Waals surface area contributed by atoms with E-state index >= 15 is 0 Å². The van der Waals surface area contributed by atoms with Crippen molar-refractivity contribution < 1.29 is 0 Å². The zero-order valence-corrected chi connectivity index (χ0v) is 16.0. The first-order valence-electron chi connectivity index (χ1n) is 7.71. The number of thioether (sulfide) groups is 1. The Morgan fingerprint density at radius 2 is 1.38 bits per heavy atom. The van der Waals surface area contributed by atoms with Gasteiger partial charge in [-0.25, -0.2) is 5.84 Å². The molecule has 0 bridgehead atoms. The molecule has 4 nitrogen and oxygen atoms in total. The summed E-state index contributed by atoms with van der Waals surface area (Å²) in [5.41, 5.74) is 13.6. The van der Waals surface area contributed by atoms with E-state index in [-0.39, 0.29) is 16.9 Å². The van der Waals surface area contributed by atoms with E-state index in [0.29, 0.717) is 6.04 Å². The Morgan fingerprint density at radius 3 is 1.76 bits per heavy atom. The summed E-state index contributed by atoms with van der Waals surface area (Å²) in [6.45, 7) is 16.9. The number of hydrazine groups is 1. The lowest BCUT2D eigenvalue weighted by atomic mass is 9.82. The first-order chi connectivity index (χ1) is 9.33. The van der Waals surface area contributed by atoms with Crippen LogP contribution in [0.15, 0.2) is 11.4 Å². The molecule has 0 aromatic heterocycles. The summed E-state index contributed by atoms with van der Waals surface area (Å²) in [5, 5.41) is 1.85. The van der Waals surface area contributed by atoms with Crippen LogP contribution in [0, 0.1) is 10.8 Å². The van der Waals surface area contributed by atoms with E-state index in [4.69, 9.17) is 17.3 Å². The van der Waals surface area contributed by atoms with Crippen LogP contribution in [0.4, 0.5) is 0 Å². The summed E-state index contributed by atoms with van der Waals surface area (Å²) in [7, 11) is 0. The molecule has 0 amide bonds. The average molecular weight is 317 g/mol. The molecule has 0 fully saturated rings. The normalized spacial score (nSPS) is 21.0. The van der Waals surface area contributed by atoms with Gasteiger partial charge in [0, 0.05) is 34.1 Å². The lowest BCUT2D eigenvalue weighted by Gasteiger charge is -2.38. The quantitative estimate of drug-likeness (QED) is 0.539. The number of hydrogen-bond acceptors (Lipinski definition) is 5. The molecule has 0 spiro atoms. The molecule has 0 saturated carbocycles. The first kappa shape index (κ1) is 20.6. The van der Waals surface area contributed by atoms with Crippen LogP contribution in [-0.2, 0) is 0 Å². The third-order valence-corrected chi connectivity index (χ3v) is 5.22. The summed E-state index contributed by atoms with van der Waals surface area (Å²) < 4.78 is 0. The Kier molecular flexibility index (Phi) is 7.60. The maximum Gasteiger partial charge on any atom is 0.0551 e. The first-order valence-corrected chi connectivity index (χ1v) is 8.86. The lowest BCUT2D eigenvalue weighted by Crippen LogP contribution is -2.45. The molecule has 6 N–H and O–H groups in total. The maximum absolute atomic E-state index is 6.42. The minimum Gasteiger partial charge on any atom is -0.400 e. The molecule has 5 heteroatoms. The maximum atomic E-state index is 6.42. The van der Waals surface area contributed by atoms with Crippen LogP contribution in [0.25, 0.3) is 0 Å². The molecule has 0 atom stereocenters. The van der Waals surface area contributed by atoms with Crippen molar-refractivity contribution in [3.05, 3.63) is 11.4 Å². The van der Waals surface area contributed by atoms with E-state index in [9.17, 15) is 0 Å². The number of nitrogens with two attached hydrogens (primary N) is 3. The summed E-state index contributed by atoms with van der Waals surface area (Å²) in [6.07, 6.45) is 0. The van der Waals surface area contributed by atoms with Gasteiger partial charge in [-0.2, -0.15) is 11.8 Å². The predicted octanol–water partition coefficient (Wildman–Crippen LogP) is 2.89. The highest BCUT2D eigenvalue weighted by Gasteiger charge is 2.38. The van der Waals surface area contributed by atoms with Crippen molar-refractivity contribution in [1.82, 2.24) is 5.01 Å². The second kappa shape index (κ2) is 7.75. The van der Waals surface area contributed by atoms with Gasteiger partial charge >= 0.3 is 0 Å². The Hall–Kier alpha value is -0.390. The van der Waals surface area contributed by atoms with Crippen LogP contribution in [-0.4, -0.2) is 28.6 Å². The highest BCUT2D eigenvalue weighted by atomic mass is 32.2. The van der Waals surface area contributed by atoms with Gasteiger partial charge < -0.3 is 16.5 Å². The number of allylic oxidation sites excluding steroid dienone is 2. The van der Waals surface area contributed by atoms with Gasteiger partial charge in [0.05, 0.1) is 5.70 Å². The third-order valence-electron chi connectivity index (χ3n) is 3.37. The van der Waals surface area contributed by atoms with E-state index in [0.717, 1.165) is 22.9 Å². The van der Waals surface area contributed by atoms with E-state index in [2.05, 4.69) is 41.5 Å². The molecule has 1 rings (SSSR count). The zero-order valence-electron chi connectivity index (χ0n) is 15.2. The molecule has 0 radical (unpaired) electrons. The fourth-order valence-electron chi connectivity index (χ4n) is 2.14. The second-order valence-electron chi connectivity index (χ2n) is 7.77. The van der Waals surface area contributed by atoms with Gasteiger partial charge in [0.2, 0.25) is 0 Å². The molecule has 0 aromatic carbocycles. The molecule has 1 heterocycles. The van der Waals surface area contributed by atoms with Crippen molar-refractivity contribution in [2.75, 3.05) is 11.5 Å². The van der Waals surface area contributed by atoms with Crippen LogP contribution in [0.5, 0.6) is 0 Å². The Balaban J connectivity index is 0.000000885. The number of rotatable bonds is 2. The largest absolute Gasteiger partial charge is 0.400 e. The van der Waals surface area contributed by atoms with E-state index in [1.807, 2.05) is 30.6 Å². The standard InChI is InChI=1S/C13H27N3S.C3H9N/c1-9(2)16(15)11-10(14)12(3,4)7-17-8-13(11,5)6;1-3(2)4/h9H,7-8,14-15H2,1-6H3;3H,4H2,1-2H3. The topological polar surface area (TPSA) is 81.3 Å². The molecule has 0 aliphatic carbocycles. The minimum atomic E-state index is 0.0142. The minimum absolute atomic E-state index is 0.0142. The van der Waals surface area contributed by atoms with Crippen molar-refractivity contribution in [1.29, 1.82) is 0 Å². The van der Waals surface area contributed by atoms with E-state index < -0.39 is 0 Å². The van der Waals surface area contributed by atoms with Gasteiger partial charge in [0.1, 0.15) is 0 Å². The van der Waals surface area contributed by atoms with Crippen LogP contribution < -0.4 is 17.3 Å². The fraction of sp³-hybridized carbons (Fsp3) is 0.875. The summed E-state index contributed by atoms with van der Waals surface area (Å²) in [6, 6.07) is 0.599. The molecule has 126 valence electrons. The molecule has 1 aliphatic rings. The monoisotopic (exact) mass is 316 g/mol. The van der Waals surface area contributed by atoms with E-state index in [1.54, 1.807) is 0 Å². The van der Waals surface area contributed by atoms with Crippen LogP contribution in [0.1, 0.15) is 55.4 Å². The summed E-state index contributed by atoms with van der Waals surface area (Å²) >= 11 is 1.96. The van der Waals surface area contributed by atoms with Gasteiger partial charge in [0.25, 0.3) is 0 Å². The molecule has 1 aliphatic heterocycles. The van der Waals surface area contributed by atoms with Crippen LogP contribution >= 0.6 is 11.8 Å². The molecule has 0 unspecified atom stereocenters. The van der Waals surface area contributed by atoms with Gasteiger partial charge in [-0.1, -0.05) is 41.5 Å². The van der Waals surface area contributed by atoms with Crippen molar-refractivity contribution in [2.24, 2.45) is 28.1 Å².